The molecule has 0 aliphatic rings. The van der Waals surface area contributed by atoms with E-state index in [1.807, 2.05) is 6.07 Å². The lowest BCUT2D eigenvalue weighted by Crippen LogP contribution is -2.10. The number of nitrogens with zero attached hydrogens (tertiary/aromatic N) is 6. The molecular formula is C74H50N6. The summed E-state index contributed by atoms with van der Waals surface area (Å²) in [5, 5.41) is 4.98. The second kappa shape index (κ2) is 19.6. The fourth-order valence-electron chi connectivity index (χ4n) is 11.8. The monoisotopic (exact) mass is 1020 g/mol. The van der Waals surface area contributed by atoms with Crippen LogP contribution in [0.4, 0.5) is 34.1 Å². The Balaban J connectivity index is 0.807. The lowest BCUT2D eigenvalue weighted by atomic mass is 10.0. The van der Waals surface area contributed by atoms with Crippen molar-refractivity contribution >= 4 is 88.8 Å². The summed E-state index contributed by atoms with van der Waals surface area (Å²) in [5.74, 6) is 0. The van der Waals surface area contributed by atoms with Crippen LogP contribution < -0.4 is 9.80 Å². The number of para-hydroxylation sites is 6. The number of hydrogen-bond donors (Lipinski definition) is 0. The minimum Gasteiger partial charge on any atom is -0.311 e. The highest BCUT2D eigenvalue weighted by atomic mass is 15.1. The molecule has 3 aromatic heterocycles. The number of anilines is 6. The van der Waals surface area contributed by atoms with Crippen LogP contribution in [-0.4, -0.2) is 19.1 Å². The molecule has 0 unspecified atom stereocenters. The number of fused-ring (bicyclic) bond motifs is 7. The lowest BCUT2D eigenvalue weighted by molar-refractivity contribution is 1.17. The van der Waals surface area contributed by atoms with Crippen LogP contribution in [0.2, 0.25) is 0 Å². The zero-order valence-electron chi connectivity index (χ0n) is 43.6. The average Bonchev–Trinajstić information content (AvgIpc) is 4.19. The first-order valence-electron chi connectivity index (χ1n) is 27.1. The maximum absolute atomic E-state index is 5.51. The predicted molar refractivity (Wildman–Crippen MR) is 334 cm³/mol. The van der Waals surface area contributed by atoms with E-state index in [2.05, 4.69) is 316 Å². The molecule has 15 rings (SSSR count). The first-order chi connectivity index (χ1) is 39.7. The normalized spacial score (nSPS) is 11.5. The van der Waals surface area contributed by atoms with Crippen molar-refractivity contribution < 1.29 is 0 Å². The number of rotatable bonds is 11. The van der Waals surface area contributed by atoms with Crippen molar-refractivity contribution in [2.45, 2.75) is 0 Å². The molecule has 12 aromatic carbocycles. The van der Waals surface area contributed by atoms with E-state index in [9.17, 15) is 0 Å². The van der Waals surface area contributed by atoms with Crippen molar-refractivity contribution in [2.75, 3.05) is 9.80 Å². The van der Waals surface area contributed by atoms with E-state index in [0.29, 0.717) is 0 Å². The molecule has 0 spiro atoms. The van der Waals surface area contributed by atoms with Gasteiger partial charge in [-0.2, -0.15) is 0 Å². The molecule has 80 heavy (non-hydrogen) atoms. The number of benzene rings is 12. The quantitative estimate of drug-likeness (QED) is 0.129. The molecule has 0 radical (unpaired) electrons. The smallest absolute Gasteiger partial charge is 0.0973 e. The van der Waals surface area contributed by atoms with Gasteiger partial charge in [0.1, 0.15) is 0 Å². The average molecular weight is 1020 g/mol. The van der Waals surface area contributed by atoms with Crippen molar-refractivity contribution in [3.63, 3.8) is 0 Å². The summed E-state index contributed by atoms with van der Waals surface area (Å²) < 4.78 is 4.72. The van der Waals surface area contributed by atoms with E-state index >= 15 is 0 Å². The molecule has 0 aliphatic carbocycles. The van der Waals surface area contributed by atoms with Gasteiger partial charge in [0.05, 0.1) is 44.5 Å². The third-order valence-corrected chi connectivity index (χ3v) is 15.5. The summed E-state index contributed by atoms with van der Waals surface area (Å²) >= 11 is 0. The molecule has 376 valence electrons. The molecule has 0 fully saturated rings. The summed E-state index contributed by atoms with van der Waals surface area (Å²) in [7, 11) is 0. The van der Waals surface area contributed by atoms with Crippen molar-refractivity contribution in [3.8, 4) is 45.0 Å². The third-order valence-electron chi connectivity index (χ3n) is 15.5. The minimum absolute atomic E-state index is 0.810. The van der Waals surface area contributed by atoms with Gasteiger partial charge >= 0.3 is 0 Å². The second-order valence-electron chi connectivity index (χ2n) is 20.2. The Morgan fingerprint density at radius 3 is 0.912 bits per heavy atom. The van der Waals surface area contributed by atoms with E-state index in [4.69, 9.17) is 9.97 Å². The van der Waals surface area contributed by atoms with Gasteiger partial charge in [-0.3, -0.25) is 0 Å². The van der Waals surface area contributed by atoms with Gasteiger partial charge in [-0.1, -0.05) is 170 Å². The maximum atomic E-state index is 5.51. The Kier molecular flexibility index (Phi) is 11.4. The molecular weight excluding hydrogens is 973 g/mol. The molecule has 15 aromatic rings. The lowest BCUT2D eigenvalue weighted by Gasteiger charge is -2.26. The zero-order chi connectivity index (χ0) is 52.9. The van der Waals surface area contributed by atoms with Crippen LogP contribution >= 0.6 is 0 Å². The Bertz CT molecular complexity index is 4620. The molecule has 6 nitrogen and oxygen atoms in total. The van der Waals surface area contributed by atoms with E-state index < -0.39 is 0 Å². The Labute approximate surface area is 463 Å². The molecule has 0 amide bonds. The topological polar surface area (TPSA) is 42.1 Å². The fraction of sp³-hybridized carbons (Fsp3) is 0. The third kappa shape index (κ3) is 8.14. The van der Waals surface area contributed by atoms with E-state index in [1.165, 1.54) is 43.6 Å². The largest absolute Gasteiger partial charge is 0.311 e. The van der Waals surface area contributed by atoms with Crippen LogP contribution in [-0.2, 0) is 0 Å². The molecule has 0 atom stereocenters. The SMILES string of the molecule is c1ccc(-c2ccc3nc(-c4ccc(N(c5ccccc5)c5ccc(-n6c7ccccc7c7ccccc76)cc5)cc4)c(-c4ccc(N(c5ccccc5)c5ccc(-n6c7ccccc7c7ccccc76)cc5)cc4)nc3c2)cc1. The summed E-state index contributed by atoms with van der Waals surface area (Å²) in [6.07, 6.45) is 0. The highest BCUT2D eigenvalue weighted by Crippen LogP contribution is 2.42. The molecule has 3 heterocycles. The maximum Gasteiger partial charge on any atom is 0.0973 e. The predicted octanol–water partition coefficient (Wildman–Crippen LogP) is 19.8. The standard InChI is InChI=1S/C74H50N6/c1-4-18-51(19-5-1)54-36-49-67-68(50-54)76-74(53-34-39-58(40-35-53)78(56-22-8-3-9-23-56)60-43-47-62(48-44-60)80-71-30-16-12-26-65(71)66-27-13-17-31-72(66)80)73(75-67)52-32-37-57(38-33-52)77(55-20-6-2-7-21-55)59-41-45-61(46-42-59)79-69-28-14-10-24-63(69)64-25-11-15-29-70(64)79/h1-50H. The Morgan fingerprint density at radius 1 is 0.225 bits per heavy atom. The second-order valence-corrected chi connectivity index (χ2v) is 20.2. The fourth-order valence-corrected chi connectivity index (χ4v) is 11.8. The van der Waals surface area contributed by atoms with Gasteiger partial charge in [0.15, 0.2) is 0 Å². The molecule has 0 saturated carbocycles. The van der Waals surface area contributed by atoms with Gasteiger partial charge in [-0.05, 0) is 145 Å². The van der Waals surface area contributed by atoms with Gasteiger partial charge in [0.25, 0.3) is 0 Å². The molecule has 0 saturated heterocycles. The highest BCUT2D eigenvalue weighted by Gasteiger charge is 2.20. The number of aromatic nitrogens is 4. The van der Waals surface area contributed by atoms with Crippen LogP contribution in [0.3, 0.4) is 0 Å². The summed E-state index contributed by atoms with van der Waals surface area (Å²) in [5.41, 5.74) is 20.7. The van der Waals surface area contributed by atoms with Crippen molar-refractivity contribution in [1.82, 2.24) is 19.1 Å². The number of hydrogen-bond acceptors (Lipinski definition) is 4. The van der Waals surface area contributed by atoms with Crippen LogP contribution in [0, 0.1) is 0 Å². The summed E-state index contributed by atoms with van der Waals surface area (Å²) in [6, 6.07) is 108. The van der Waals surface area contributed by atoms with E-state index in [1.54, 1.807) is 0 Å². The van der Waals surface area contributed by atoms with Gasteiger partial charge in [-0.25, -0.2) is 9.97 Å². The summed E-state index contributed by atoms with van der Waals surface area (Å²) in [6.45, 7) is 0. The highest BCUT2D eigenvalue weighted by molar-refractivity contribution is 6.10. The zero-order valence-corrected chi connectivity index (χ0v) is 43.6. The summed E-state index contributed by atoms with van der Waals surface area (Å²) in [4.78, 5) is 15.6. The van der Waals surface area contributed by atoms with E-state index in [0.717, 1.165) is 90.2 Å². The van der Waals surface area contributed by atoms with Crippen molar-refractivity contribution in [2.24, 2.45) is 0 Å². The first kappa shape index (κ1) is 46.5. The van der Waals surface area contributed by atoms with Gasteiger partial charge < -0.3 is 18.9 Å². The molecule has 0 N–H and O–H groups in total. The van der Waals surface area contributed by atoms with Crippen molar-refractivity contribution in [1.29, 1.82) is 0 Å². The van der Waals surface area contributed by atoms with Crippen LogP contribution in [0.15, 0.2) is 303 Å². The van der Waals surface area contributed by atoms with Crippen LogP contribution in [0.25, 0.3) is 99.7 Å². The van der Waals surface area contributed by atoms with Crippen LogP contribution in [0.5, 0.6) is 0 Å². The Hall–Kier alpha value is -10.8. The first-order valence-corrected chi connectivity index (χ1v) is 27.1. The Morgan fingerprint density at radius 2 is 0.525 bits per heavy atom. The van der Waals surface area contributed by atoms with Crippen molar-refractivity contribution in [3.05, 3.63) is 303 Å². The van der Waals surface area contributed by atoms with Gasteiger partial charge in [0, 0.05) is 78.2 Å². The van der Waals surface area contributed by atoms with Gasteiger partial charge in [-0.15, -0.1) is 0 Å². The molecule has 6 heteroatoms. The van der Waals surface area contributed by atoms with E-state index in [-0.39, 0.29) is 0 Å². The molecule has 0 bridgehead atoms. The van der Waals surface area contributed by atoms with Gasteiger partial charge in [0.2, 0.25) is 0 Å². The molecule has 0 aliphatic heterocycles. The minimum atomic E-state index is 0.810. The van der Waals surface area contributed by atoms with Crippen LogP contribution in [0.1, 0.15) is 0 Å².